The number of carbonyl (C=O) groups is 1. The summed E-state index contributed by atoms with van der Waals surface area (Å²) in [6.45, 7) is 11.1. The smallest absolute Gasteiger partial charge is 0.345 e. The number of halogens is 3. The Labute approximate surface area is 266 Å². The van der Waals surface area contributed by atoms with Gasteiger partial charge in [-0.25, -0.2) is 4.79 Å². The monoisotopic (exact) mass is 634 g/mol. The largest absolute Gasteiger partial charge is 0.492 e. The van der Waals surface area contributed by atoms with Crippen molar-refractivity contribution in [3.63, 3.8) is 0 Å². The topological polar surface area (TPSA) is 71.0 Å². The van der Waals surface area contributed by atoms with Gasteiger partial charge in [-0.15, -0.1) is 24.8 Å². The highest BCUT2D eigenvalue weighted by molar-refractivity contribution is 6.30. The van der Waals surface area contributed by atoms with Gasteiger partial charge in [0.2, 0.25) is 0 Å². The van der Waals surface area contributed by atoms with E-state index >= 15 is 0 Å². The second-order valence-electron chi connectivity index (χ2n) is 12.0. The number of fused-ring (bicyclic) bond motifs is 1. The van der Waals surface area contributed by atoms with Gasteiger partial charge in [-0.05, 0) is 70.3 Å². The maximum atomic E-state index is 11.9. The minimum absolute atomic E-state index is 0. The first kappa shape index (κ1) is 34.0. The van der Waals surface area contributed by atoms with E-state index in [0.29, 0.717) is 18.4 Å². The van der Waals surface area contributed by atoms with Crippen molar-refractivity contribution < 1.29 is 19.4 Å². The Morgan fingerprint density at radius 2 is 1.50 bits per heavy atom. The van der Waals surface area contributed by atoms with Crippen LogP contribution in [0.5, 0.6) is 11.5 Å². The Balaban J connectivity index is 0.00000242. The van der Waals surface area contributed by atoms with Crippen LogP contribution >= 0.6 is 36.4 Å². The van der Waals surface area contributed by atoms with Gasteiger partial charge in [-0.3, -0.25) is 4.90 Å². The summed E-state index contributed by atoms with van der Waals surface area (Å²) in [4.78, 5) is 14.4. The molecular weight excluding hydrogens is 595 g/mol. The fourth-order valence-corrected chi connectivity index (χ4v) is 5.73. The number of rotatable bonds is 12. The maximum absolute atomic E-state index is 11.9. The van der Waals surface area contributed by atoms with Crippen LogP contribution in [0.15, 0.2) is 72.8 Å². The summed E-state index contributed by atoms with van der Waals surface area (Å²) < 4.78 is 11.7. The summed E-state index contributed by atoms with van der Waals surface area (Å²) in [6.07, 6.45) is -0.686. The van der Waals surface area contributed by atoms with Crippen LogP contribution in [0.3, 0.4) is 0 Å². The molecule has 0 amide bonds. The minimum Gasteiger partial charge on any atom is -0.492 e. The molecule has 1 unspecified atom stereocenters. The Morgan fingerprint density at radius 3 is 2.07 bits per heavy atom. The van der Waals surface area contributed by atoms with E-state index in [4.69, 9.17) is 21.1 Å². The van der Waals surface area contributed by atoms with Crippen LogP contribution in [0.2, 0.25) is 5.02 Å². The van der Waals surface area contributed by atoms with Gasteiger partial charge in [0.25, 0.3) is 0 Å². The first-order chi connectivity index (χ1) is 19.2. The van der Waals surface area contributed by atoms with E-state index in [9.17, 15) is 9.90 Å². The zero-order valence-electron chi connectivity index (χ0n) is 24.3. The molecule has 9 heteroatoms. The molecule has 0 aromatic heterocycles. The first-order valence-electron chi connectivity index (χ1n) is 14.1. The van der Waals surface area contributed by atoms with E-state index < -0.39 is 12.1 Å². The molecule has 0 spiro atoms. The van der Waals surface area contributed by atoms with Crippen LogP contribution in [0.25, 0.3) is 0 Å². The van der Waals surface area contributed by atoms with E-state index in [1.807, 2.05) is 60.7 Å². The molecule has 1 saturated carbocycles. The third-order valence-corrected chi connectivity index (χ3v) is 8.21. The number of benzene rings is 3. The second-order valence-corrected chi connectivity index (χ2v) is 12.5. The molecule has 0 radical (unpaired) electrons. The molecule has 1 saturated heterocycles. The number of nitrogens with one attached hydrogen (secondary N) is 1. The number of piperidine rings is 1. The molecule has 1 aliphatic heterocycles. The molecule has 3 aromatic rings. The quantitative estimate of drug-likeness (QED) is 0.217. The summed E-state index contributed by atoms with van der Waals surface area (Å²) in [7, 11) is 0. The minimum atomic E-state index is -0.982. The zero-order chi connectivity index (χ0) is 28.3. The molecule has 2 aliphatic rings. The number of likely N-dealkylation sites (tertiary alicyclic amines) is 1. The van der Waals surface area contributed by atoms with E-state index in [2.05, 4.69) is 43.1 Å². The molecule has 228 valence electrons. The number of nitrogens with zero attached hydrogens (tertiary/aromatic N) is 1. The number of carboxylic acid groups (broad SMARTS) is 1. The number of hydrogen-bond acceptors (Lipinski definition) is 5. The summed E-state index contributed by atoms with van der Waals surface area (Å²) >= 11 is 5.99. The van der Waals surface area contributed by atoms with Crippen LogP contribution in [0, 0.1) is 11.8 Å². The lowest BCUT2D eigenvalue weighted by Crippen LogP contribution is -2.33. The third-order valence-electron chi connectivity index (χ3n) is 7.96. The van der Waals surface area contributed by atoms with Gasteiger partial charge in [0.15, 0.2) is 6.10 Å². The number of aliphatic carboxylic acids is 1. The highest BCUT2D eigenvalue weighted by Crippen LogP contribution is 2.45. The van der Waals surface area contributed by atoms with Gasteiger partial charge >= 0.3 is 5.97 Å². The molecule has 1 heterocycles. The summed E-state index contributed by atoms with van der Waals surface area (Å²) in [5, 5.41) is 14.2. The fourth-order valence-electron chi connectivity index (χ4n) is 5.60. The van der Waals surface area contributed by atoms with Crippen LogP contribution in [-0.4, -0.2) is 54.4 Å². The van der Waals surface area contributed by atoms with Crippen molar-refractivity contribution >= 4 is 42.4 Å². The van der Waals surface area contributed by atoms with Crippen LogP contribution < -0.4 is 14.8 Å². The molecule has 3 aromatic carbocycles. The van der Waals surface area contributed by atoms with Gasteiger partial charge in [-0.2, -0.15) is 0 Å². The van der Waals surface area contributed by atoms with Crippen molar-refractivity contribution in [2.75, 3.05) is 26.2 Å². The van der Waals surface area contributed by atoms with E-state index in [1.165, 1.54) is 11.1 Å². The SMILES string of the molecule is CC(C)(C)c1ccc(O[C@@H](Cc2ccc(OCCNC3[C@H]4CN(Cc5ccc(Cl)cc5)C[C@@H]34)cc2)C(=O)O)cc1.Cl.Cl. The average Bonchev–Trinajstić information content (AvgIpc) is 3.37. The van der Waals surface area contributed by atoms with Crippen molar-refractivity contribution in [1.29, 1.82) is 0 Å². The fraction of sp³-hybridized carbons (Fsp3) is 0.424. The van der Waals surface area contributed by atoms with Gasteiger partial charge in [-0.1, -0.05) is 68.8 Å². The molecule has 5 rings (SSSR count). The Hall–Kier alpha value is -2.48. The molecule has 1 aliphatic carbocycles. The second kappa shape index (κ2) is 14.8. The maximum Gasteiger partial charge on any atom is 0.345 e. The number of hydrogen-bond donors (Lipinski definition) is 2. The van der Waals surface area contributed by atoms with E-state index in [-0.39, 0.29) is 36.6 Å². The molecule has 6 nitrogen and oxygen atoms in total. The van der Waals surface area contributed by atoms with Crippen LogP contribution in [0.4, 0.5) is 0 Å². The third kappa shape index (κ3) is 9.01. The molecule has 4 atom stereocenters. The molecular formula is C33H41Cl3N2O4. The predicted molar refractivity (Wildman–Crippen MR) is 173 cm³/mol. The summed E-state index contributed by atoms with van der Waals surface area (Å²) in [6, 6.07) is 24.0. The van der Waals surface area contributed by atoms with Crippen LogP contribution in [0.1, 0.15) is 37.5 Å². The standard InChI is InChI=1S/C33H39ClN2O4.2ClH/c1-33(2,3)24-8-14-27(15-9-24)40-30(32(37)38)18-22-6-12-26(13-7-22)39-17-16-35-31-28-20-36(21-29(28)31)19-23-4-10-25(34)11-5-23;;/h4-15,28-31,35H,16-21H2,1-3H3,(H,37,38);2*1H/t28-,29+,30-,31?;;/m0../s1. The normalized spacial score (nSPS) is 20.0. The van der Waals surface area contributed by atoms with Crippen molar-refractivity contribution in [2.24, 2.45) is 11.8 Å². The van der Waals surface area contributed by atoms with Crippen molar-refractivity contribution in [2.45, 2.75) is 51.3 Å². The highest BCUT2D eigenvalue weighted by atomic mass is 35.5. The first-order valence-corrected chi connectivity index (χ1v) is 14.5. The number of carboxylic acids is 1. The van der Waals surface area contributed by atoms with Crippen LogP contribution in [-0.2, 0) is 23.2 Å². The Morgan fingerprint density at radius 1 is 0.929 bits per heavy atom. The van der Waals surface area contributed by atoms with Crippen molar-refractivity contribution in [3.05, 3.63) is 94.5 Å². The Kier molecular flexibility index (Phi) is 12.0. The molecule has 2 fully saturated rings. The lowest BCUT2D eigenvalue weighted by atomic mass is 9.87. The van der Waals surface area contributed by atoms with Crippen molar-refractivity contribution in [3.8, 4) is 11.5 Å². The van der Waals surface area contributed by atoms with Gasteiger partial charge < -0.3 is 19.9 Å². The van der Waals surface area contributed by atoms with Gasteiger partial charge in [0.1, 0.15) is 18.1 Å². The predicted octanol–water partition coefficient (Wildman–Crippen LogP) is 6.65. The lowest BCUT2D eigenvalue weighted by Gasteiger charge is -2.20. The van der Waals surface area contributed by atoms with Gasteiger partial charge in [0.05, 0.1) is 0 Å². The lowest BCUT2D eigenvalue weighted by molar-refractivity contribution is -0.145. The number of ether oxygens (including phenoxy) is 2. The van der Waals surface area contributed by atoms with Gasteiger partial charge in [0, 0.05) is 43.7 Å². The van der Waals surface area contributed by atoms with E-state index in [1.54, 1.807) is 0 Å². The molecule has 0 bridgehead atoms. The van der Waals surface area contributed by atoms with Crippen molar-refractivity contribution in [1.82, 2.24) is 10.2 Å². The molecule has 42 heavy (non-hydrogen) atoms. The Bertz CT molecular complexity index is 1270. The molecule has 2 N–H and O–H groups in total. The van der Waals surface area contributed by atoms with E-state index in [0.717, 1.165) is 54.4 Å². The summed E-state index contributed by atoms with van der Waals surface area (Å²) in [5.41, 5.74) is 3.40. The highest BCUT2D eigenvalue weighted by Gasteiger charge is 2.55. The summed E-state index contributed by atoms with van der Waals surface area (Å²) in [5.74, 6) is 1.81. The zero-order valence-corrected chi connectivity index (χ0v) is 26.7. The average molecular weight is 636 g/mol.